The van der Waals surface area contributed by atoms with E-state index in [4.69, 9.17) is 0 Å². The fourth-order valence-corrected chi connectivity index (χ4v) is 4.04. The van der Waals surface area contributed by atoms with Gasteiger partial charge in [0.1, 0.15) is 5.25 Å². The van der Waals surface area contributed by atoms with E-state index in [1.165, 1.54) is 0 Å². The highest BCUT2D eigenvalue weighted by Gasteiger charge is 2.34. The molecule has 0 aliphatic carbocycles. The van der Waals surface area contributed by atoms with Crippen molar-refractivity contribution in [3.8, 4) is 0 Å². The Kier molecular flexibility index (Phi) is 2.56. The number of hydrogen-bond donors (Lipinski definition) is 1. The van der Waals surface area contributed by atoms with Gasteiger partial charge in [0.25, 0.3) is 0 Å². The predicted octanol–water partition coefficient (Wildman–Crippen LogP) is 2.02. The molecule has 1 N–H and O–H groups in total. The number of para-hydroxylation sites is 1. The first kappa shape index (κ1) is 11.2. The van der Waals surface area contributed by atoms with Crippen LogP contribution in [-0.2, 0) is 9.84 Å². The smallest absolute Gasteiger partial charge is 0.189 e. The first-order valence-electron chi connectivity index (χ1n) is 5.66. The molecule has 1 aromatic heterocycles. The van der Waals surface area contributed by atoms with Gasteiger partial charge in [-0.15, -0.1) is 0 Å². The van der Waals surface area contributed by atoms with Crippen molar-refractivity contribution in [2.75, 3.05) is 11.9 Å². The van der Waals surface area contributed by atoms with Gasteiger partial charge < -0.3 is 5.32 Å². The number of fused-ring (bicyclic) bond motifs is 1. The van der Waals surface area contributed by atoms with Crippen LogP contribution in [0.3, 0.4) is 0 Å². The highest BCUT2D eigenvalue weighted by molar-refractivity contribution is 7.92. The number of pyridine rings is 1. The molecule has 3 rings (SSSR count). The van der Waals surface area contributed by atoms with E-state index in [9.17, 15) is 8.42 Å². The van der Waals surface area contributed by atoms with Gasteiger partial charge in [0, 0.05) is 18.9 Å². The molecular formula is C13H12N2O2S. The summed E-state index contributed by atoms with van der Waals surface area (Å²) in [6.45, 7) is 0.392. The average molecular weight is 260 g/mol. The zero-order valence-electron chi connectivity index (χ0n) is 9.58. The van der Waals surface area contributed by atoms with E-state index in [-0.39, 0.29) is 0 Å². The van der Waals surface area contributed by atoms with Crippen LogP contribution >= 0.6 is 0 Å². The van der Waals surface area contributed by atoms with E-state index in [1.54, 1.807) is 42.7 Å². The molecule has 0 spiro atoms. The summed E-state index contributed by atoms with van der Waals surface area (Å²) >= 11 is 0. The molecule has 1 atom stereocenters. The van der Waals surface area contributed by atoms with Crippen molar-refractivity contribution >= 4 is 15.5 Å². The zero-order valence-corrected chi connectivity index (χ0v) is 10.4. The molecule has 0 fully saturated rings. The standard InChI is InChI=1S/C13H12N2O2S/c16-18(17)12-4-2-1-3-11(12)15-9-13(18)10-5-7-14-8-6-10/h1-8,13,15H,9H2. The first-order chi connectivity index (χ1) is 8.69. The maximum atomic E-state index is 12.5. The van der Waals surface area contributed by atoms with Crippen LogP contribution < -0.4 is 5.32 Å². The number of aromatic nitrogens is 1. The van der Waals surface area contributed by atoms with Gasteiger partial charge in [0.15, 0.2) is 9.84 Å². The Labute approximate surface area is 106 Å². The Morgan fingerprint density at radius 1 is 1.11 bits per heavy atom. The summed E-state index contributed by atoms with van der Waals surface area (Å²) in [5, 5.41) is 2.62. The Morgan fingerprint density at radius 2 is 1.83 bits per heavy atom. The lowest BCUT2D eigenvalue weighted by Crippen LogP contribution is -2.27. The van der Waals surface area contributed by atoms with Crippen molar-refractivity contribution < 1.29 is 8.42 Å². The van der Waals surface area contributed by atoms with Gasteiger partial charge in [-0.1, -0.05) is 12.1 Å². The van der Waals surface area contributed by atoms with E-state index in [2.05, 4.69) is 10.3 Å². The lowest BCUT2D eigenvalue weighted by Gasteiger charge is -2.26. The summed E-state index contributed by atoms with van der Waals surface area (Å²) in [7, 11) is -3.33. The molecule has 0 radical (unpaired) electrons. The third-order valence-corrected chi connectivity index (χ3v) is 5.28. The SMILES string of the molecule is O=S1(=O)c2ccccc2NCC1c1ccncc1. The third kappa shape index (κ3) is 1.67. The summed E-state index contributed by atoms with van der Waals surface area (Å²) in [5.74, 6) is 0. The number of hydrogen-bond acceptors (Lipinski definition) is 4. The molecule has 1 aliphatic rings. The van der Waals surface area contributed by atoms with E-state index in [0.717, 1.165) is 5.56 Å². The van der Waals surface area contributed by atoms with Crippen LogP contribution in [0.5, 0.6) is 0 Å². The van der Waals surface area contributed by atoms with Gasteiger partial charge in [0.2, 0.25) is 0 Å². The normalized spacial score (nSPS) is 20.8. The van der Waals surface area contributed by atoms with Gasteiger partial charge >= 0.3 is 0 Å². The molecule has 0 amide bonds. The number of sulfone groups is 1. The summed E-state index contributed by atoms with van der Waals surface area (Å²) in [6, 6.07) is 10.5. The van der Waals surface area contributed by atoms with Crippen LogP contribution in [-0.4, -0.2) is 19.9 Å². The van der Waals surface area contributed by atoms with E-state index in [0.29, 0.717) is 17.1 Å². The zero-order chi connectivity index (χ0) is 12.6. The monoisotopic (exact) mass is 260 g/mol. The molecule has 18 heavy (non-hydrogen) atoms. The van der Waals surface area contributed by atoms with Crippen LogP contribution in [0.15, 0.2) is 53.7 Å². The predicted molar refractivity (Wildman–Crippen MR) is 69.1 cm³/mol. The van der Waals surface area contributed by atoms with E-state index < -0.39 is 15.1 Å². The third-order valence-electron chi connectivity index (χ3n) is 3.12. The van der Waals surface area contributed by atoms with Gasteiger partial charge in [0.05, 0.1) is 10.6 Å². The van der Waals surface area contributed by atoms with Crippen LogP contribution in [0, 0.1) is 0 Å². The van der Waals surface area contributed by atoms with Crippen molar-refractivity contribution in [1.29, 1.82) is 0 Å². The van der Waals surface area contributed by atoms with Crippen molar-refractivity contribution in [2.45, 2.75) is 10.1 Å². The lowest BCUT2D eigenvalue weighted by molar-refractivity contribution is 0.581. The molecule has 0 saturated carbocycles. The maximum Gasteiger partial charge on any atom is 0.189 e. The van der Waals surface area contributed by atoms with Gasteiger partial charge in [-0.2, -0.15) is 0 Å². The molecular weight excluding hydrogens is 248 g/mol. The number of benzene rings is 1. The molecule has 4 nitrogen and oxygen atoms in total. The van der Waals surface area contributed by atoms with Crippen molar-refractivity contribution in [1.82, 2.24) is 4.98 Å². The average Bonchev–Trinajstić information content (AvgIpc) is 2.40. The topological polar surface area (TPSA) is 59.1 Å². The van der Waals surface area contributed by atoms with Crippen LogP contribution in [0.4, 0.5) is 5.69 Å². The maximum absolute atomic E-state index is 12.5. The minimum atomic E-state index is -3.33. The second-order valence-corrected chi connectivity index (χ2v) is 6.29. The Balaban J connectivity index is 2.13. The number of anilines is 1. The highest BCUT2D eigenvalue weighted by Crippen LogP contribution is 2.36. The molecule has 1 aliphatic heterocycles. The van der Waals surface area contributed by atoms with E-state index >= 15 is 0 Å². The molecule has 2 heterocycles. The summed E-state index contributed by atoms with van der Waals surface area (Å²) < 4.78 is 25.1. The molecule has 2 aromatic rings. The summed E-state index contributed by atoms with van der Waals surface area (Å²) in [4.78, 5) is 4.29. The van der Waals surface area contributed by atoms with Crippen LogP contribution in [0.2, 0.25) is 0 Å². The first-order valence-corrected chi connectivity index (χ1v) is 7.21. The quantitative estimate of drug-likeness (QED) is 0.852. The molecule has 0 saturated heterocycles. The van der Waals surface area contributed by atoms with Crippen molar-refractivity contribution in [3.05, 3.63) is 54.4 Å². The summed E-state index contributed by atoms with van der Waals surface area (Å²) in [6.07, 6.45) is 3.23. The van der Waals surface area contributed by atoms with Crippen molar-refractivity contribution in [3.63, 3.8) is 0 Å². The van der Waals surface area contributed by atoms with Crippen LogP contribution in [0.25, 0.3) is 0 Å². The van der Waals surface area contributed by atoms with Crippen LogP contribution in [0.1, 0.15) is 10.8 Å². The van der Waals surface area contributed by atoms with Gasteiger partial charge in [-0.25, -0.2) is 8.42 Å². The minimum absolute atomic E-state index is 0.373. The number of nitrogens with zero attached hydrogens (tertiary/aromatic N) is 1. The van der Waals surface area contributed by atoms with Gasteiger partial charge in [-0.05, 0) is 29.8 Å². The fourth-order valence-electron chi connectivity index (χ4n) is 2.20. The Morgan fingerprint density at radius 3 is 2.61 bits per heavy atom. The molecule has 1 aromatic carbocycles. The minimum Gasteiger partial charge on any atom is -0.382 e. The molecule has 0 bridgehead atoms. The molecule has 92 valence electrons. The summed E-state index contributed by atoms with van der Waals surface area (Å²) in [5.41, 5.74) is 1.45. The van der Waals surface area contributed by atoms with Gasteiger partial charge in [-0.3, -0.25) is 4.98 Å². The Bertz CT molecular complexity index is 668. The van der Waals surface area contributed by atoms with Crippen molar-refractivity contribution in [2.24, 2.45) is 0 Å². The second kappa shape index (κ2) is 4.10. The number of rotatable bonds is 1. The molecule has 1 unspecified atom stereocenters. The highest BCUT2D eigenvalue weighted by atomic mass is 32.2. The Hall–Kier alpha value is -1.88. The lowest BCUT2D eigenvalue weighted by atomic mass is 10.2. The molecule has 5 heteroatoms. The fraction of sp³-hybridized carbons (Fsp3) is 0.154. The largest absolute Gasteiger partial charge is 0.382 e. The second-order valence-electron chi connectivity index (χ2n) is 4.19. The number of nitrogens with one attached hydrogen (secondary N) is 1. The van der Waals surface area contributed by atoms with E-state index in [1.807, 2.05) is 6.07 Å².